The molecule has 4 heteroatoms. The number of benzene rings is 2. The summed E-state index contributed by atoms with van der Waals surface area (Å²) in [6.07, 6.45) is 3.26. The summed E-state index contributed by atoms with van der Waals surface area (Å²) in [4.78, 5) is 12.1. The first-order chi connectivity index (χ1) is 11.6. The molecular formula is C20H20N2O2. The van der Waals surface area contributed by atoms with E-state index in [9.17, 15) is 4.79 Å². The Kier molecular flexibility index (Phi) is 6.16. The molecule has 1 unspecified atom stereocenters. The summed E-state index contributed by atoms with van der Waals surface area (Å²) in [5.41, 5.74) is 3.15. The standard InChI is InChI=1S/C20H20N2O2/c1-15-5-3-4-6-19(15)16(2)22-20(23)12-9-17-7-10-18(11-8-17)24-14-13-21/h3-12,16H,14H2,1-2H3,(H,22,23)/b12-9+. The van der Waals surface area contributed by atoms with Gasteiger partial charge in [-0.15, -0.1) is 0 Å². The van der Waals surface area contributed by atoms with Crippen LogP contribution in [-0.4, -0.2) is 12.5 Å². The fourth-order valence-corrected chi connectivity index (χ4v) is 2.37. The number of amides is 1. The van der Waals surface area contributed by atoms with E-state index in [0.29, 0.717) is 5.75 Å². The number of nitrogens with one attached hydrogen (secondary N) is 1. The van der Waals surface area contributed by atoms with E-state index in [0.717, 1.165) is 16.7 Å². The number of ether oxygens (including phenoxy) is 1. The van der Waals surface area contributed by atoms with E-state index in [2.05, 4.69) is 5.32 Å². The van der Waals surface area contributed by atoms with Gasteiger partial charge in [0, 0.05) is 6.08 Å². The van der Waals surface area contributed by atoms with Crippen LogP contribution in [0.4, 0.5) is 0 Å². The van der Waals surface area contributed by atoms with Crippen LogP contribution >= 0.6 is 0 Å². The van der Waals surface area contributed by atoms with Gasteiger partial charge in [-0.2, -0.15) is 5.26 Å². The normalized spacial score (nSPS) is 11.7. The van der Waals surface area contributed by atoms with Gasteiger partial charge in [0.15, 0.2) is 6.61 Å². The van der Waals surface area contributed by atoms with Crippen LogP contribution in [0, 0.1) is 18.3 Å². The minimum atomic E-state index is -0.143. The van der Waals surface area contributed by atoms with Gasteiger partial charge < -0.3 is 10.1 Å². The molecule has 122 valence electrons. The molecule has 2 rings (SSSR count). The maximum atomic E-state index is 12.1. The van der Waals surface area contributed by atoms with Gasteiger partial charge in [0.1, 0.15) is 11.8 Å². The molecule has 1 atom stereocenters. The SMILES string of the molecule is Cc1ccccc1C(C)NC(=O)/C=C/c1ccc(OCC#N)cc1. The predicted molar refractivity (Wildman–Crippen MR) is 94.3 cm³/mol. The molecule has 0 radical (unpaired) electrons. The van der Waals surface area contributed by atoms with Crippen molar-refractivity contribution in [2.75, 3.05) is 6.61 Å². The van der Waals surface area contributed by atoms with E-state index in [4.69, 9.17) is 10.00 Å². The molecular weight excluding hydrogens is 300 g/mol. The van der Waals surface area contributed by atoms with Crippen LogP contribution < -0.4 is 10.1 Å². The maximum Gasteiger partial charge on any atom is 0.244 e. The lowest BCUT2D eigenvalue weighted by Crippen LogP contribution is -2.25. The van der Waals surface area contributed by atoms with Crippen molar-refractivity contribution in [3.8, 4) is 11.8 Å². The highest BCUT2D eigenvalue weighted by Gasteiger charge is 2.09. The van der Waals surface area contributed by atoms with Crippen LogP contribution in [0.5, 0.6) is 5.75 Å². The molecule has 0 bridgehead atoms. The maximum absolute atomic E-state index is 12.1. The van der Waals surface area contributed by atoms with E-state index in [-0.39, 0.29) is 18.6 Å². The van der Waals surface area contributed by atoms with Crippen LogP contribution in [0.25, 0.3) is 6.08 Å². The molecule has 0 spiro atoms. The molecule has 0 aliphatic heterocycles. The van der Waals surface area contributed by atoms with E-state index in [1.165, 1.54) is 6.08 Å². The fourth-order valence-electron chi connectivity index (χ4n) is 2.37. The second kappa shape index (κ2) is 8.54. The number of carbonyl (C=O) groups excluding carboxylic acids is 1. The Balaban J connectivity index is 1.93. The highest BCUT2D eigenvalue weighted by Crippen LogP contribution is 2.17. The summed E-state index contributed by atoms with van der Waals surface area (Å²) in [5, 5.41) is 11.4. The lowest BCUT2D eigenvalue weighted by Gasteiger charge is -2.15. The highest BCUT2D eigenvalue weighted by molar-refractivity contribution is 5.92. The number of carbonyl (C=O) groups is 1. The Bertz CT molecular complexity index is 758. The smallest absolute Gasteiger partial charge is 0.244 e. The third-order valence-electron chi connectivity index (χ3n) is 3.62. The van der Waals surface area contributed by atoms with E-state index >= 15 is 0 Å². The van der Waals surface area contributed by atoms with E-state index in [1.54, 1.807) is 18.2 Å². The lowest BCUT2D eigenvalue weighted by atomic mass is 10.0. The first-order valence-electron chi connectivity index (χ1n) is 7.74. The molecule has 0 aliphatic carbocycles. The number of hydrogen-bond donors (Lipinski definition) is 1. The van der Waals surface area contributed by atoms with E-state index in [1.807, 2.05) is 56.3 Å². The average molecular weight is 320 g/mol. The van der Waals surface area contributed by atoms with Crippen LogP contribution in [-0.2, 0) is 4.79 Å². The Morgan fingerprint density at radius 2 is 1.96 bits per heavy atom. The molecule has 0 fully saturated rings. The second-order valence-electron chi connectivity index (χ2n) is 5.44. The van der Waals surface area contributed by atoms with Gasteiger partial charge in [0.25, 0.3) is 0 Å². The zero-order valence-corrected chi connectivity index (χ0v) is 13.8. The van der Waals surface area contributed by atoms with Crippen molar-refractivity contribution < 1.29 is 9.53 Å². The molecule has 4 nitrogen and oxygen atoms in total. The quantitative estimate of drug-likeness (QED) is 0.824. The fraction of sp³-hybridized carbons (Fsp3) is 0.200. The summed E-state index contributed by atoms with van der Waals surface area (Å²) in [7, 11) is 0. The van der Waals surface area contributed by atoms with Crippen molar-refractivity contribution in [3.63, 3.8) is 0 Å². The average Bonchev–Trinajstić information content (AvgIpc) is 2.59. The summed E-state index contributed by atoms with van der Waals surface area (Å²) in [5.74, 6) is 0.488. The minimum Gasteiger partial charge on any atom is -0.479 e. The van der Waals surface area contributed by atoms with Crippen molar-refractivity contribution in [1.82, 2.24) is 5.32 Å². The number of nitrogens with zero attached hydrogens (tertiary/aromatic N) is 1. The van der Waals surface area contributed by atoms with Gasteiger partial charge >= 0.3 is 0 Å². The van der Waals surface area contributed by atoms with Gasteiger partial charge in [0.2, 0.25) is 5.91 Å². The molecule has 1 N–H and O–H groups in total. The van der Waals surface area contributed by atoms with Crippen molar-refractivity contribution in [1.29, 1.82) is 5.26 Å². The number of nitriles is 1. The predicted octanol–water partition coefficient (Wildman–Crippen LogP) is 3.79. The third-order valence-corrected chi connectivity index (χ3v) is 3.62. The van der Waals surface area contributed by atoms with Gasteiger partial charge in [-0.1, -0.05) is 36.4 Å². The molecule has 0 saturated heterocycles. The second-order valence-corrected chi connectivity index (χ2v) is 5.44. The summed E-state index contributed by atoms with van der Waals surface area (Å²) >= 11 is 0. The topological polar surface area (TPSA) is 62.1 Å². The zero-order chi connectivity index (χ0) is 17.4. The Morgan fingerprint density at radius 1 is 1.25 bits per heavy atom. The van der Waals surface area contributed by atoms with Gasteiger partial charge in [-0.3, -0.25) is 4.79 Å². The van der Waals surface area contributed by atoms with Crippen molar-refractivity contribution in [3.05, 3.63) is 71.3 Å². The van der Waals surface area contributed by atoms with Crippen LogP contribution in [0.2, 0.25) is 0 Å². The minimum absolute atomic E-state index is 0.0222. The Hall–Kier alpha value is -3.06. The molecule has 0 saturated carbocycles. The summed E-state index contributed by atoms with van der Waals surface area (Å²) in [6.45, 7) is 4.02. The van der Waals surface area contributed by atoms with E-state index < -0.39 is 0 Å². The van der Waals surface area contributed by atoms with Crippen LogP contribution in [0.3, 0.4) is 0 Å². The molecule has 0 aliphatic rings. The molecule has 0 aromatic heterocycles. The van der Waals surface area contributed by atoms with Gasteiger partial charge in [-0.05, 0) is 48.7 Å². The summed E-state index contributed by atoms with van der Waals surface area (Å²) in [6, 6.07) is 17.1. The molecule has 2 aromatic carbocycles. The monoisotopic (exact) mass is 320 g/mol. The largest absolute Gasteiger partial charge is 0.479 e. The molecule has 2 aromatic rings. The first kappa shape index (κ1) is 17.3. The number of aryl methyl sites for hydroxylation is 1. The molecule has 24 heavy (non-hydrogen) atoms. The number of rotatable bonds is 6. The first-order valence-corrected chi connectivity index (χ1v) is 7.74. The number of hydrogen-bond acceptors (Lipinski definition) is 3. The highest BCUT2D eigenvalue weighted by atomic mass is 16.5. The van der Waals surface area contributed by atoms with Crippen molar-refractivity contribution >= 4 is 12.0 Å². The molecule has 1 amide bonds. The Labute approximate surface area is 142 Å². The van der Waals surface area contributed by atoms with Crippen molar-refractivity contribution in [2.24, 2.45) is 0 Å². The van der Waals surface area contributed by atoms with Crippen molar-refractivity contribution in [2.45, 2.75) is 19.9 Å². The summed E-state index contributed by atoms with van der Waals surface area (Å²) < 4.78 is 5.18. The van der Waals surface area contributed by atoms with Gasteiger partial charge in [0.05, 0.1) is 6.04 Å². The Morgan fingerprint density at radius 3 is 2.62 bits per heavy atom. The lowest BCUT2D eigenvalue weighted by molar-refractivity contribution is -0.117. The van der Waals surface area contributed by atoms with Gasteiger partial charge in [-0.25, -0.2) is 0 Å². The van der Waals surface area contributed by atoms with Crippen LogP contribution in [0.1, 0.15) is 29.7 Å². The third kappa shape index (κ3) is 4.99. The van der Waals surface area contributed by atoms with Crippen LogP contribution in [0.15, 0.2) is 54.6 Å². The molecule has 0 heterocycles. The zero-order valence-electron chi connectivity index (χ0n) is 13.8.